The van der Waals surface area contributed by atoms with Gasteiger partial charge >= 0.3 is 0 Å². The van der Waals surface area contributed by atoms with E-state index >= 15 is 0 Å². The minimum atomic E-state index is 0.546. The van der Waals surface area contributed by atoms with Gasteiger partial charge in [0.1, 0.15) is 5.75 Å². The quantitative estimate of drug-likeness (QED) is 0.738. The number of ether oxygens (including phenoxy) is 2. The number of benzene rings is 1. The Bertz CT molecular complexity index is 753. The second-order valence-corrected chi connectivity index (χ2v) is 5.06. The summed E-state index contributed by atoms with van der Waals surface area (Å²) in [5.74, 6) is 1.34. The summed E-state index contributed by atoms with van der Waals surface area (Å²) < 4.78 is 13.1. The van der Waals surface area contributed by atoms with Crippen LogP contribution in [0, 0.1) is 0 Å². The number of hydrogen-bond donors (Lipinski definition) is 0. The lowest BCUT2D eigenvalue weighted by Crippen LogP contribution is -1.98. The highest BCUT2D eigenvalue weighted by molar-refractivity contribution is 9.10. The van der Waals surface area contributed by atoms with Gasteiger partial charge in [0, 0.05) is 10.7 Å². The number of pyridine rings is 1. The van der Waals surface area contributed by atoms with E-state index in [0.717, 1.165) is 26.9 Å². The molecule has 1 aromatic carbocycles. The molecule has 0 saturated heterocycles. The fraction of sp³-hybridized carbons (Fsp3) is 0.143. The second kappa shape index (κ2) is 5.13. The van der Waals surface area contributed by atoms with Crippen molar-refractivity contribution in [1.29, 1.82) is 0 Å². The average Bonchev–Trinajstić information content (AvgIpc) is 2.85. The lowest BCUT2D eigenvalue weighted by molar-refractivity contribution is 0.398. The minimum absolute atomic E-state index is 0.546. The molecule has 0 radical (unpaired) electrons. The van der Waals surface area contributed by atoms with Crippen LogP contribution in [0.2, 0.25) is 0 Å². The largest absolute Gasteiger partial charge is 0.497 e. The normalized spacial score (nSPS) is 10.8. The van der Waals surface area contributed by atoms with Gasteiger partial charge in [-0.2, -0.15) is 0 Å². The Balaban J connectivity index is 2.19. The van der Waals surface area contributed by atoms with Gasteiger partial charge in [0.05, 0.1) is 25.3 Å². The first kappa shape index (κ1) is 12.9. The van der Waals surface area contributed by atoms with Crippen molar-refractivity contribution in [3.05, 3.63) is 41.0 Å². The summed E-state index contributed by atoms with van der Waals surface area (Å²) in [7, 11) is 3.24. The summed E-state index contributed by atoms with van der Waals surface area (Å²) in [5, 5.41) is 5.30. The summed E-state index contributed by atoms with van der Waals surface area (Å²) in [6.45, 7) is 0. The van der Waals surface area contributed by atoms with Crippen molar-refractivity contribution in [3.63, 3.8) is 0 Å². The molecule has 2 aromatic heterocycles. The first-order chi connectivity index (χ1) is 9.72. The van der Waals surface area contributed by atoms with Gasteiger partial charge < -0.3 is 9.47 Å². The van der Waals surface area contributed by atoms with E-state index in [-0.39, 0.29) is 0 Å². The van der Waals surface area contributed by atoms with E-state index in [1.807, 2.05) is 30.3 Å². The maximum Gasteiger partial charge on any atom is 0.242 e. The number of halogens is 1. The Morgan fingerprint density at radius 2 is 1.85 bits per heavy atom. The van der Waals surface area contributed by atoms with Gasteiger partial charge in [-0.05, 0) is 46.3 Å². The van der Waals surface area contributed by atoms with Gasteiger partial charge in [-0.3, -0.25) is 0 Å². The molecule has 0 spiro atoms. The van der Waals surface area contributed by atoms with Crippen LogP contribution in [0.3, 0.4) is 0 Å². The van der Waals surface area contributed by atoms with Crippen molar-refractivity contribution < 1.29 is 9.47 Å². The minimum Gasteiger partial charge on any atom is -0.497 e. The predicted molar refractivity (Wildman–Crippen MR) is 79.7 cm³/mol. The molecule has 20 heavy (non-hydrogen) atoms. The number of aromatic nitrogens is 3. The van der Waals surface area contributed by atoms with Crippen LogP contribution in [0.5, 0.6) is 11.6 Å². The van der Waals surface area contributed by atoms with Gasteiger partial charge in [-0.15, -0.1) is 5.10 Å². The van der Waals surface area contributed by atoms with E-state index in [2.05, 4.69) is 26.0 Å². The molecule has 0 amide bonds. The van der Waals surface area contributed by atoms with Crippen LogP contribution in [0.15, 0.2) is 41.0 Å². The molecular weight excluding hydrogens is 322 g/mol. The number of nitrogens with zero attached hydrogens (tertiary/aromatic N) is 3. The van der Waals surface area contributed by atoms with Crippen LogP contribution < -0.4 is 9.47 Å². The third-order valence-corrected chi connectivity index (χ3v) is 3.40. The van der Waals surface area contributed by atoms with E-state index in [1.54, 1.807) is 25.1 Å². The fourth-order valence-electron chi connectivity index (χ4n) is 2.00. The molecule has 0 N–H and O–H groups in total. The molecular formula is C14H12BrN3O2. The van der Waals surface area contributed by atoms with E-state index in [4.69, 9.17) is 9.47 Å². The SMILES string of the molecule is COc1ccc(-n2nc(OC)c3cc(Br)cnc32)cc1. The highest BCUT2D eigenvalue weighted by Crippen LogP contribution is 2.28. The third-order valence-electron chi connectivity index (χ3n) is 2.97. The predicted octanol–water partition coefficient (Wildman–Crippen LogP) is 3.20. The zero-order chi connectivity index (χ0) is 14.1. The molecule has 3 aromatic rings. The van der Waals surface area contributed by atoms with Crippen LogP contribution >= 0.6 is 15.9 Å². The summed E-state index contributed by atoms with van der Waals surface area (Å²) in [6.07, 6.45) is 1.74. The van der Waals surface area contributed by atoms with E-state index < -0.39 is 0 Å². The molecule has 0 fully saturated rings. The maximum atomic E-state index is 5.31. The van der Waals surface area contributed by atoms with Gasteiger partial charge in [-0.1, -0.05) is 0 Å². The van der Waals surface area contributed by atoms with Crippen molar-refractivity contribution in [1.82, 2.24) is 14.8 Å². The lowest BCUT2D eigenvalue weighted by Gasteiger charge is -2.04. The van der Waals surface area contributed by atoms with Crippen LogP contribution in [0.1, 0.15) is 0 Å². The summed E-state index contributed by atoms with van der Waals surface area (Å²) in [4.78, 5) is 4.41. The van der Waals surface area contributed by atoms with Crippen LogP contribution in [-0.2, 0) is 0 Å². The highest BCUT2D eigenvalue weighted by atomic mass is 79.9. The lowest BCUT2D eigenvalue weighted by atomic mass is 10.3. The molecule has 102 valence electrons. The molecule has 6 heteroatoms. The second-order valence-electron chi connectivity index (χ2n) is 4.14. The van der Waals surface area contributed by atoms with Crippen molar-refractivity contribution >= 4 is 27.0 Å². The highest BCUT2D eigenvalue weighted by Gasteiger charge is 2.14. The topological polar surface area (TPSA) is 49.2 Å². The Morgan fingerprint density at radius 3 is 2.50 bits per heavy atom. The maximum absolute atomic E-state index is 5.31. The molecule has 0 aliphatic carbocycles. The van der Waals surface area contributed by atoms with Gasteiger partial charge in [-0.25, -0.2) is 9.67 Å². The molecule has 0 saturated carbocycles. The standard InChI is InChI=1S/C14H12BrN3O2/c1-19-11-5-3-10(4-6-11)18-13-12(14(17-18)20-2)7-9(15)8-16-13/h3-8H,1-2H3. The summed E-state index contributed by atoms with van der Waals surface area (Å²) in [5.41, 5.74) is 1.64. The first-order valence-corrected chi connectivity index (χ1v) is 6.75. The Hall–Kier alpha value is -2.08. The molecule has 0 bridgehead atoms. The monoisotopic (exact) mass is 333 g/mol. The van der Waals surface area contributed by atoms with E-state index in [0.29, 0.717) is 5.88 Å². The van der Waals surface area contributed by atoms with Crippen LogP contribution in [-0.4, -0.2) is 29.0 Å². The van der Waals surface area contributed by atoms with Crippen molar-refractivity contribution in [2.45, 2.75) is 0 Å². The molecule has 0 unspecified atom stereocenters. The number of rotatable bonds is 3. The van der Waals surface area contributed by atoms with Gasteiger partial charge in [0.25, 0.3) is 0 Å². The zero-order valence-electron chi connectivity index (χ0n) is 11.0. The number of methoxy groups -OCH3 is 2. The Kier molecular flexibility index (Phi) is 3.31. The average molecular weight is 334 g/mol. The molecule has 5 nitrogen and oxygen atoms in total. The first-order valence-electron chi connectivity index (χ1n) is 5.95. The van der Waals surface area contributed by atoms with E-state index in [1.165, 1.54) is 0 Å². The summed E-state index contributed by atoms with van der Waals surface area (Å²) >= 11 is 3.41. The van der Waals surface area contributed by atoms with Gasteiger partial charge in [0.2, 0.25) is 5.88 Å². The molecule has 0 aliphatic heterocycles. The smallest absolute Gasteiger partial charge is 0.242 e. The van der Waals surface area contributed by atoms with Crippen LogP contribution in [0.4, 0.5) is 0 Å². The zero-order valence-corrected chi connectivity index (χ0v) is 12.6. The Morgan fingerprint density at radius 1 is 1.10 bits per heavy atom. The summed E-state index contributed by atoms with van der Waals surface area (Å²) in [6, 6.07) is 9.55. The third kappa shape index (κ3) is 2.12. The van der Waals surface area contributed by atoms with Crippen LogP contribution in [0.25, 0.3) is 16.7 Å². The number of hydrogen-bond acceptors (Lipinski definition) is 4. The molecule has 2 heterocycles. The Labute approximate surface area is 124 Å². The van der Waals surface area contributed by atoms with E-state index in [9.17, 15) is 0 Å². The molecule has 3 rings (SSSR count). The fourth-order valence-corrected chi connectivity index (χ4v) is 2.34. The molecule has 0 aliphatic rings. The number of fused-ring (bicyclic) bond motifs is 1. The molecule has 0 atom stereocenters. The van der Waals surface area contributed by atoms with Crippen molar-refractivity contribution in [2.24, 2.45) is 0 Å². The van der Waals surface area contributed by atoms with Gasteiger partial charge in [0.15, 0.2) is 5.65 Å². The van der Waals surface area contributed by atoms with Crippen molar-refractivity contribution in [3.8, 4) is 17.3 Å². The van der Waals surface area contributed by atoms with Crippen molar-refractivity contribution in [2.75, 3.05) is 14.2 Å².